The van der Waals surface area contributed by atoms with Crippen molar-refractivity contribution in [1.29, 1.82) is 0 Å². The van der Waals surface area contributed by atoms with E-state index in [1.54, 1.807) is 16.9 Å². The first kappa shape index (κ1) is 15.7. The highest BCUT2D eigenvalue weighted by atomic mass is 19.1. The van der Waals surface area contributed by atoms with Gasteiger partial charge < -0.3 is 4.90 Å². The minimum atomic E-state index is -0.327. The summed E-state index contributed by atoms with van der Waals surface area (Å²) in [5.74, 6) is -0.335. The van der Waals surface area contributed by atoms with Crippen LogP contribution in [0.25, 0.3) is 11.0 Å². The third-order valence-corrected chi connectivity index (χ3v) is 4.71. The summed E-state index contributed by atoms with van der Waals surface area (Å²) in [4.78, 5) is 14.7. The highest BCUT2D eigenvalue weighted by molar-refractivity contribution is 5.95. The summed E-state index contributed by atoms with van der Waals surface area (Å²) in [6, 6.07) is 4.51. The van der Waals surface area contributed by atoms with E-state index in [-0.39, 0.29) is 17.8 Å². The third kappa shape index (κ3) is 2.77. The summed E-state index contributed by atoms with van der Waals surface area (Å²) in [5, 5.41) is 12.5. The Morgan fingerprint density at radius 1 is 1.36 bits per heavy atom. The van der Waals surface area contributed by atoms with Gasteiger partial charge >= 0.3 is 0 Å². The van der Waals surface area contributed by atoms with E-state index in [1.165, 1.54) is 12.1 Å². The van der Waals surface area contributed by atoms with Crippen molar-refractivity contribution in [1.82, 2.24) is 29.7 Å². The molecule has 0 unspecified atom stereocenters. The highest BCUT2D eigenvalue weighted by Gasteiger charge is 2.28. The molecule has 1 atom stereocenters. The second-order valence-electron chi connectivity index (χ2n) is 6.52. The molecule has 0 saturated carbocycles. The Bertz CT molecular complexity index is 946. The number of benzene rings is 1. The van der Waals surface area contributed by atoms with E-state index in [4.69, 9.17) is 0 Å². The van der Waals surface area contributed by atoms with Gasteiger partial charge in [-0.15, -0.1) is 5.10 Å². The number of hydrogen-bond acceptors (Lipinski definition) is 4. The Labute approximate surface area is 144 Å². The molecule has 0 bridgehead atoms. The molecule has 3 heterocycles. The molecular formula is C17H19FN6O. The van der Waals surface area contributed by atoms with E-state index in [0.29, 0.717) is 24.2 Å². The Balaban J connectivity index is 1.60. The number of amides is 1. The lowest BCUT2D eigenvalue weighted by atomic mass is 10.0. The van der Waals surface area contributed by atoms with Gasteiger partial charge in [-0.2, -0.15) is 5.10 Å². The lowest BCUT2D eigenvalue weighted by Crippen LogP contribution is -2.41. The van der Waals surface area contributed by atoms with E-state index in [2.05, 4.69) is 15.4 Å². The van der Waals surface area contributed by atoms with Crippen molar-refractivity contribution in [3.63, 3.8) is 0 Å². The van der Waals surface area contributed by atoms with Crippen molar-refractivity contribution in [3.8, 4) is 0 Å². The summed E-state index contributed by atoms with van der Waals surface area (Å²) < 4.78 is 16.8. The molecule has 0 N–H and O–H groups in total. The Morgan fingerprint density at radius 2 is 2.20 bits per heavy atom. The highest BCUT2D eigenvalue weighted by Crippen LogP contribution is 2.26. The van der Waals surface area contributed by atoms with Crippen molar-refractivity contribution in [2.24, 2.45) is 7.05 Å². The molecule has 1 aliphatic rings. The zero-order valence-electron chi connectivity index (χ0n) is 14.2. The molecular weight excluding hydrogens is 323 g/mol. The molecule has 0 radical (unpaired) electrons. The minimum absolute atomic E-state index is 0.00855. The van der Waals surface area contributed by atoms with Crippen LogP contribution in [0.2, 0.25) is 0 Å². The van der Waals surface area contributed by atoms with Crippen LogP contribution >= 0.6 is 0 Å². The number of halogens is 1. The fourth-order valence-electron chi connectivity index (χ4n) is 3.50. The van der Waals surface area contributed by atoms with Crippen LogP contribution in [0.4, 0.5) is 4.39 Å². The zero-order valence-corrected chi connectivity index (χ0v) is 14.2. The molecule has 0 aliphatic carbocycles. The molecule has 1 saturated heterocycles. The number of nitrogens with zero attached hydrogens (tertiary/aromatic N) is 6. The van der Waals surface area contributed by atoms with Gasteiger partial charge in [-0.25, -0.2) is 9.07 Å². The molecule has 1 amide bonds. The van der Waals surface area contributed by atoms with E-state index >= 15 is 0 Å². The first-order chi connectivity index (χ1) is 12.0. The molecule has 7 nitrogen and oxygen atoms in total. The summed E-state index contributed by atoms with van der Waals surface area (Å²) >= 11 is 0. The number of carbonyl (C=O) groups excluding carboxylic acids is 1. The van der Waals surface area contributed by atoms with Gasteiger partial charge in [0.1, 0.15) is 11.3 Å². The molecule has 1 aromatic carbocycles. The van der Waals surface area contributed by atoms with E-state index in [0.717, 1.165) is 24.1 Å². The zero-order chi connectivity index (χ0) is 17.6. The molecule has 25 heavy (non-hydrogen) atoms. The van der Waals surface area contributed by atoms with Crippen molar-refractivity contribution in [2.45, 2.75) is 25.8 Å². The predicted octanol–water partition coefficient (Wildman–Crippen LogP) is 2.09. The number of carbonyl (C=O) groups is 1. The van der Waals surface area contributed by atoms with Crippen LogP contribution in [0, 0.1) is 12.7 Å². The molecule has 3 aromatic rings. The number of aromatic nitrogens is 5. The Kier molecular flexibility index (Phi) is 3.74. The number of fused-ring (bicyclic) bond motifs is 1. The molecule has 4 rings (SSSR count). The number of aryl methyl sites for hydroxylation is 2. The van der Waals surface area contributed by atoms with E-state index in [9.17, 15) is 9.18 Å². The predicted molar refractivity (Wildman–Crippen MR) is 89.6 cm³/mol. The Hall–Kier alpha value is -2.77. The average molecular weight is 342 g/mol. The summed E-state index contributed by atoms with van der Waals surface area (Å²) in [7, 11) is 1.81. The van der Waals surface area contributed by atoms with Crippen molar-refractivity contribution >= 4 is 16.9 Å². The number of rotatable bonds is 2. The normalized spacial score (nSPS) is 18.0. The quantitative estimate of drug-likeness (QED) is 0.715. The standard InChI is InChI=1S/C17H19FN6O/c1-11-14(10-22(2)20-11)17(25)23-7-3-4-13(9-23)24-16-6-5-12(18)8-15(16)19-21-24/h5-6,8,10,13H,3-4,7,9H2,1-2H3/t13-/m1/s1. The van der Waals surface area contributed by atoms with Gasteiger partial charge in [0.05, 0.1) is 22.8 Å². The lowest BCUT2D eigenvalue weighted by molar-refractivity contribution is 0.0673. The topological polar surface area (TPSA) is 68.8 Å². The van der Waals surface area contributed by atoms with Crippen LogP contribution in [-0.4, -0.2) is 48.7 Å². The van der Waals surface area contributed by atoms with Gasteiger partial charge in [0.15, 0.2) is 0 Å². The number of piperidine rings is 1. The maximum atomic E-state index is 13.3. The molecule has 1 fully saturated rings. The SMILES string of the molecule is Cc1nn(C)cc1C(=O)N1CCC[C@@H](n2nnc3cc(F)ccc32)C1. The maximum absolute atomic E-state index is 13.3. The largest absolute Gasteiger partial charge is 0.336 e. The van der Waals surface area contributed by atoms with Crippen molar-refractivity contribution < 1.29 is 9.18 Å². The monoisotopic (exact) mass is 342 g/mol. The van der Waals surface area contributed by atoms with Crippen LogP contribution in [0.1, 0.15) is 34.9 Å². The van der Waals surface area contributed by atoms with Crippen molar-refractivity contribution in [2.75, 3.05) is 13.1 Å². The number of likely N-dealkylation sites (tertiary alicyclic amines) is 1. The van der Waals surface area contributed by atoms with Crippen LogP contribution in [0.15, 0.2) is 24.4 Å². The average Bonchev–Trinajstić information content (AvgIpc) is 3.16. The fourth-order valence-corrected chi connectivity index (χ4v) is 3.50. The van der Waals surface area contributed by atoms with Crippen LogP contribution in [-0.2, 0) is 7.05 Å². The van der Waals surface area contributed by atoms with E-state index < -0.39 is 0 Å². The molecule has 2 aromatic heterocycles. The van der Waals surface area contributed by atoms with Crippen LogP contribution < -0.4 is 0 Å². The Morgan fingerprint density at radius 3 is 2.96 bits per heavy atom. The first-order valence-electron chi connectivity index (χ1n) is 8.33. The lowest BCUT2D eigenvalue weighted by Gasteiger charge is -2.32. The van der Waals surface area contributed by atoms with Crippen LogP contribution in [0.5, 0.6) is 0 Å². The minimum Gasteiger partial charge on any atom is -0.336 e. The second-order valence-corrected chi connectivity index (χ2v) is 6.52. The number of hydrogen-bond donors (Lipinski definition) is 0. The summed E-state index contributed by atoms with van der Waals surface area (Å²) in [6.07, 6.45) is 3.55. The van der Waals surface area contributed by atoms with Gasteiger partial charge in [0, 0.05) is 32.4 Å². The van der Waals surface area contributed by atoms with E-state index in [1.807, 2.05) is 23.6 Å². The molecule has 130 valence electrons. The van der Waals surface area contributed by atoms with Gasteiger partial charge in [-0.3, -0.25) is 9.48 Å². The second kappa shape index (κ2) is 5.94. The van der Waals surface area contributed by atoms with Crippen molar-refractivity contribution in [3.05, 3.63) is 41.5 Å². The molecule has 0 spiro atoms. The summed E-state index contributed by atoms with van der Waals surface area (Å²) in [6.45, 7) is 3.11. The fraction of sp³-hybridized carbons (Fsp3) is 0.412. The molecule has 8 heteroatoms. The maximum Gasteiger partial charge on any atom is 0.257 e. The van der Waals surface area contributed by atoms with Gasteiger partial charge in [0.2, 0.25) is 0 Å². The molecule has 1 aliphatic heterocycles. The third-order valence-electron chi connectivity index (χ3n) is 4.71. The van der Waals surface area contributed by atoms with Gasteiger partial charge in [0.25, 0.3) is 5.91 Å². The van der Waals surface area contributed by atoms with Gasteiger partial charge in [-0.1, -0.05) is 5.21 Å². The van der Waals surface area contributed by atoms with Crippen LogP contribution in [0.3, 0.4) is 0 Å². The summed E-state index contributed by atoms with van der Waals surface area (Å²) in [5.41, 5.74) is 2.69. The van der Waals surface area contributed by atoms with Gasteiger partial charge in [-0.05, 0) is 31.9 Å². The smallest absolute Gasteiger partial charge is 0.257 e. The first-order valence-corrected chi connectivity index (χ1v) is 8.33.